The molecule has 0 bridgehead atoms. The summed E-state index contributed by atoms with van der Waals surface area (Å²) in [5.41, 5.74) is 0.540. The smallest absolute Gasteiger partial charge is 0.257 e. The summed E-state index contributed by atoms with van der Waals surface area (Å²) in [6, 6.07) is 14.7. The number of carbonyl (C=O) groups excluding carboxylic acids is 1. The minimum atomic E-state index is -0.884. The average molecular weight is 441 g/mol. The zero-order chi connectivity index (χ0) is 22.5. The number of amides is 1. The first-order valence-electron chi connectivity index (χ1n) is 10.5. The maximum atomic E-state index is 14.0. The van der Waals surface area contributed by atoms with Gasteiger partial charge >= 0.3 is 0 Å². The van der Waals surface area contributed by atoms with Crippen LogP contribution in [0.25, 0.3) is 0 Å². The van der Waals surface area contributed by atoms with Crippen LogP contribution in [-0.2, 0) is 0 Å². The maximum Gasteiger partial charge on any atom is 0.257 e. The van der Waals surface area contributed by atoms with Gasteiger partial charge in [-0.1, -0.05) is 6.07 Å². The number of anilines is 1. The first-order valence-corrected chi connectivity index (χ1v) is 10.5. The number of halogens is 2. The Hall–Kier alpha value is -3.39. The third kappa shape index (κ3) is 4.75. The highest BCUT2D eigenvalue weighted by molar-refractivity contribution is 5.94. The number of furan rings is 1. The summed E-state index contributed by atoms with van der Waals surface area (Å²) in [4.78, 5) is 17.0. The quantitative estimate of drug-likeness (QED) is 0.604. The second kappa shape index (κ2) is 9.82. The molecule has 0 aliphatic carbocycles. The summed E-state index contributed by atoms with van der Waals surface area (Å²) in [6.45, 7) is 3.23. The van der Waals surface area contributed by atoms with Crippen LogP contribution < -0.4 is 15.0 Å². The first-order chi connectivity index (χ1) is 15.6. The summed E-state index contributed by atoms with van der Waals surface area (Å²) in [7, 11) is 1.64. The van der Waals surface area contributed by atoms with E-state index in [0.29, 0.717) is 5.76 Å². The van der Waals surface area contributed by atoms with Gasteiger partial charge in [0.15, 0.2) is 0 Å². The monoisotopic (exact) mass is 441 g/mol. The average Bonchev–Trinajstić information content (AvgIpc) is 3.34. The molecule has 4 rings (SSSR count). The van der Waals surface area contributed by atoms with Gasteiger partial charge in [0.05, 0.1) is 19.4 Å². The highest BCUT2D eigenvalue weighted by Gasteiger charge is 2.28. The molecular formula is C24H25F2N3O3. The second-order valence-corrected chi connectivity index (χ2v) is 7.56. The Morgan fingerprint density at radius 3 is 2.31 bits per heavy atom. The number of nitrogens with one attached hydrogen (secondary N) is 1. The number of hydrogen-bond acceptors (Lipinski definition) is 5. The Morgan fingerprint density at radius 1 is 1.03 bits per heavy atom. The molecule has 0 unspecified atom stereocenters. The predicted octanol–water partition coefficient (Wildman–Crippen LogP) is 3.86. The second-order valence-electron chi connectivity index (χ2n) is 7.56. The molecule has 168 valence electrons. The van der Waals surface area contributed by atoms with Gasteiger partial charge in [0.2, 0.25) is 0 Å². The molecule has 1 aromatic heterocycles. The van der Waals surface area contributed by atoms with Gasteiger partial charge in [-0.25, -0.2) is 8.78 Å². The fraction of sp³-hybridized carbons (Fsp3) is 0.292. The lowest BCUT2D eigenvalue weighted by molar-refractivity contribution is 0.0914. The van der Waals surface area contributed by atoms with Gasteiger partial charge < -0.3 is 19.4 Å². The molecule has 1 saturated heterocycles. The molecule has 1 atom stereocenters. The molecule has 1 aliphatic rings. The van der Waals surface area contributed by atoms with Crippen molar-refractivity contribution in [2.75, 3.05) is 44.7 Å². The van der Waals surface area contributed by atoms with E-state index in [1.165, 1.54) is 6.07 Å². The summed E-state index contributed by atoms with van der Waals surface area (Å²) in [6.07, 6.45) is 1.58. The summed E-state index contributed by atoms with van der Waals surface area (Å²) in [5, 5.41) is 2.67. The Kier molecular flexibility index (Phi) is 6.70. The zero-order valence-electron chi connectivity index (χ0n) is 17.8. The van der Waals surface area contributed by atoms with E-state index in [1.807, 2.05) is 30.3 Å². The number of piperazine rings is 1. The van der Waals surface area contributed by atoms with Gasteiger partial charge in [0.1, 0.15) is 28.7 Å². The van der Waals surface area contributed by atoms with Gasteiger partial charge in [0.25, 0.3) is 5.91 Å². The van der Waals surface area contributed by atoms with Crippen molar-refractivity contribution < 1.29 is 22.7 Å². The van der Waals surface area contributed by atoms with Crippen LogP contribution in [0.15, 0.2) is 65.3 Å². The highest BCUT2D eigenvalue weighted by atomic mass is 19.1. The van der Waals surface area contributed by atoms with Crippen LogP contribution in [0.1, 0.15) is 22.2 Å². The summed E-state index contributed by atoms with van der Waals surface area (Å²) >= 11 is 0. The number of ether oxygens (including phenoxy) is 1. The highest BCUT2D eigenvalue weighted by Crippen LogP contribution is 2.26. The lowest BCUT2D eigenvalue weighted by atomic mass is 10.1. The van der Waals surface area contributed by atoms with Crippen LogP contribution in [0.5, 0.6) is 5.75 Å². The fourth-order valence-electron chi connectivity index (χ4n) is 3.97. The van der Waals surface area contributed by atoms with E-state index in [1.54, 1.807) is 19.4 Å². The third-order valence-electron chi connectivity index (χ3n) is 5.71. The fourth-order valence-corrected chi connectivity index (χ4v) is 3.97. The lowest BCUT2D eigenvalue weighted by Crippen LogP contribution is -2.50. The van der Waals surface area contributed by atoms with Gasteiger partial charge in [-0.2, -0.15) is 0 Å². The van der Waals surface area contributed by atoms with E-state index in [-0.39, 0.29) is 12.6 Å². The van der Waals surface area contributed by atoms with Crippen LogP contribution in [0.4, 0.5) is 14.5 Å². The molecule has 2 aromatic carbocycles. The molecule has 6 nitrogen and oxygen atoms in total. The van der Waals surface area contributed by atoms with Gasteiger partial charge in [-0.15, -0.1) is 0 Å². The lowest BCUT2D eigenvalue weighted by Gasteiger charge is -2.39. The molecule has 0 spiro atoms. The van der Waals surface area contributed by atoms with E-state index in [0.717, 1.165) is 49.7 Å². The Balaban J connectivity index is 1.42. The van der Waals surface area contributed by atoms with Crippen LogP contribution in [0.2, 0.25) is 0 Å². The molecule has 1 aliphatic heterocycles. The molecule has 2 heterocycles. The maximum absolute atomic E-state index is 14.0. The van der Waals surface area contributed by atoms with E-state index in [4.69, 9.17) is 9.15 Å². The van der Waals surface area contributed by atoms with Crippen molar-refractivity contribution in [1.82, 2.24) is 10.2 Å². The van der Waals surface area contributed by atoms with E-state index in [9.17, 15) is 13.6 Å². The minimum Gasteiger partial charge on any atom is -0.497 e. The molecule has 1 amide bonds. The number of benzene rings is 2. The third-order valence-corrected chi connectivity index (χ3v) is 5.71. The van der Waals surface area contributed by atoms with Crippen molar-refractivity contribution in [3.05, 3.63) is 83.8 Å². The molecule has 0 radical (unpaired) electrons. The van der Waals surface area contributed by atoms with Gasteiger partial charge in [-0.05, 0) is 48.5 Å². The Labute approximate surface area is 185 Å². The van der Waals surface area contributed by atoms with Crippen molar-refractivity contribution in [3.8, 4) is 5.75 Å². The topological polar surface area (TPSA) is 58.0 Å². The molecule has 0 saturated carbocycles. The standard InChI is InChI=1S/C24H25F2N3O3/c1-31-18-9-7-17(8-10-18)28-11-13-29(14-12-28)21(22-6-3-15-32-22)16-27-24(30)23-19(25)4-2-5-20(23)26/h2-10,15,21H,11-14,16H2,1H3,(H,27,30)/t21-/m1/s1. The van der Waals surface area contributed by atoms with Crippen LogP contribution in [0, 0.1) is 11.6 Å². The number of carbonyl (C=O) groups is 1. The Morgan fingerprint density at radius 2 is 1.72 bits per heavy atom. The van der Waals surface area contributed by atoms with E-state index in [2.05, 4.69) is 15.1 Å². The summed E-state index contributed by atoms with van der Waals surface area (Å²) in [5.74, 6) is -1.05. The molecule has 1 fully saturated rings. The van der Waals surface area contributed by atoms with E-state index < -0.39 is 23.1 Å². The molecule has 1 N–H and O–H groups in total. The molecular weight excluding hydrogens is 416 g/mol. The zero-order valence-corrected chi connectivity index (χ0v) is 17.8. The van der Waals surface area contributed by atoms with Crippen LogP contribution in [-0.4, -0.2) is 50.6 Å². The number of nitrogens with zero attached hydrogens (tertiary/aromatic N) is 2. The minimum absolute atomic E-state index is 0.169. The normalized spacial score (nSPS) is 15.4. The van der Waals surface area contributed by atoms with Crippen LogP contribution >= 0.6 is 0 Å². The number of rotatable bonds is 7. The number of hydrogen-bond donors (Lipinski definition) is 1. The molecule has 8 heteroatoms. The van der Waals surface area contributed by atoms with Gasteiger partial charge in [-0.3, -0.25) is 9.69 Å². The molecule has 32 heavy (non-hydrogen) atoms. The predicted molar refractivity (Wildman–Crippen MR) is 117 cm³/mol. The SMILES string of the molecule is COc1ccc(N2CCN([C@H](CNC(=O)c3c(F)cccc3F)c3ccco3)CC2)cc1. The van der Waals surface area contributed by atoms with E-state index >= 15 is 0 Å². The number of methoxy groups -OCH3 is 1. The van der Waals surface area contributed by atoms with Crippen molar-refractivity contribution in [3.63, 3.8) is 0 Å². The van der Waals surface area contributed by atoms with Crippen molar-refractivity contribution in [2.45, 2.75) is 6.04 Å². The van der Waals surface area contributed by atoms with Crippen LogP contribution in [0.3, 0.4) is 0 Å². The first kappa shape index (κ1) is 21.8. The van der Waals surface area contributed by atoms with Crippen molar-refractivity contribution in [1.29, 1.82) is 0 Å². The molecule has 3 aromatic rings. The van der Waals surface area contributed by atoms with Crippen molar-refractivity contribution >= 4 is 11.6 Å². The summed E-state index contributed by atoms with van der Waals surface area (Å²) < 4.78 is 38.7. The largest absolute Gasteiger partial charge is 0.497 e. The van der Waals surface area contributed by atoms with Crippen molar-refractivity contribution in [2.24, 2.45) is 0 Å². The Bertz CT molecular complexity index is 1010. The van der Waals surface area contributed by atoms with Gasteiger partial charge in [0, 0.05) is 38.4 Å².